The Hall–Kier alpha value is -3.60. The van der Waals surface area contributed by atoms with Crippen LogP contribution in [0.3, 0.4) is 0 Å². The Bertz CT molecular complexity index is 1420. The number of likely N-dealkylation sites (tertiary alicyclic amines) is 1. The van der Waals surface area contributed by atoms with Crippen LogP contribution in [0.25, 0.3) is 0 Å². The maximum atomic E-state index is 15.1. The number of carbonyl (C=O) groups is 2. The van der Waals surface area contributed by atoms with Gasteiger partial charge in [0.2, 0.25) is 5.91 Å². The minimum atomic E-state index is -0.893. The number of hydrogen-bond acceptors (Lipinski definition) is 6. The summed E-state index contributed by atoms with van der Waals surface area (Å²) in [6, 6.07) is 10.2. The van der Waals surface area contributed by atoms with E-state index in [1.54, 1.807) is 30.5 Å². The summed E-state index contributed by atoms with van der Waals surface area (Å²) in [6.45, 7) is 2.09. The van der Waals surface area contributed by atoms with Crippen LogP contribution >= 0.6 is 11.6 Å². The molecule has 1 aromatic carbocycles. The van der Waals surface area contributed by atoms with Gasteiger partial charge in [-0.3, -0.25) is 15.1 Å². The van der Waals surface area contributed by atoms with Crippen LogP contribution in [-0.4, -0.2) is 52.6 Å². The summed E-state index contributed by atoms with van der Waals surface area (Å²) < 4.78 is 20.6. The van der Waals surface area contributed by atoms with Gasteiger partial charge in [0.05, 0.1) is 22.4 Å². The number of anilines is 2. The van der Waals surface area contributed by atoms with E-state index in [0.717, 1.165) is 17.7 Å². The molecule has 2 fully saturated rings. The van der Waals surface area contributed by atoms with Crippen molar-refractivity contribution in [1.82, 2.24) is 14.9 Å². The number of aromatic nitrogens is 2. The van der Waals surface area contributed by atoms with Crippen LogP contribution in [0.4, 0.5) is 20.7 Å². The molecule has 3 aromatic rings. The first kappa shape index (κ1) is 28.9. The minimum Gasteiger partial charge on any atom is -0.380 e. The van der Waals surface area contributed by atoms with E-state index in [-0.39, 0.29) is 30.6 Å². The second-order valence-corrected chi connectivity index (χ2v) is 11.3. The highest BCUT2D eigenvalue weighted by molar-refractivity contribution is 6.30. The number of rotatable bonds is 9. The molecule has 1 saturated carbocycles. The second kappa shape index (κ2) is 12.1. The number of ether oxygens (including phenoxy) is 1. The standard InChI is InChI=1S/C30H34ClFN6O3/c1-18-13-21(10-12-34-18)30(33,11-9-19-3-4-19)20-5-7-24(32)25(14-20)36-28(39)26-15-23(41-2)17-38(26)29(40)37-27-8-6-22(31)16-35-27/h5-8,10,12-14,16,19,23,26H,3-4,9,11,15,17,33H2,1-2H3,(H,36,39)(H,35,37,40). The van der Waals surface area contributed by atoms with E-state index in [0.29, 0.717) is 22.9 Å². The number of nitrogens with zero attached hydrogens (tertiary/aromatic N) is 3. The molecule has 1 saturated heterocycles. The van der Waals surface area contributed by atoms with Crippen LogP contribution < -0.4 is 16.4 Å². The van der Waals surface area contributed by atoms with Gasteiger partial charge in [-0.05, 0) is 73.2 Å². The maximum absolute atomic E-state index is 15.1. The molecule has 0 radical (unpaired) electrons. The van der Waals surface area contributed by atoms with Crippen LogP contribution in [-0.2, 0) is 15.1 Å². The number of aryl methyl sites for hydroxylation is 1. The number of amides is 3. The molecule has 11 heteroatoms. The zero-order chi connectivity index (χ0) is 29.1. The average Bonchev–Trinajstić information content (AvgIpc) is 3.69. The van der Waals surface area contributed by atoms with E-state index in [1.165, 1.54) is 37.1 Å². The van der Waals surface area contributed by atoms with Gasteiger partial charge in [-0.1, -0.05) is 30.5 Å². The van der Waals surface area contributed by atoms with Gasteiger partial charge in [-0.2, -0.15) is 0 Å². The van der Waals surface area contributed by atoms with Gasteiger partial charge in [-0.15, -0.1) is 0 Å². The molecule has 4 N–H and O–H groups in total. The summed E-state index contributed by atoms with van der Waals surface area (Å²) in [5.41, 5.74) is 8.59. The van der Waals surface area contributed by atoms with E-state index < -0.39 is 29.3 Å². The number of hydrogen-bond donors (Lipinski definition) is 3. The molecule has 3 atom stereocenters. The first-order valence-corrected chi connectivity index (χ1v) is 14.1. The van der Waals surface area contributed by atoms with Gasteiger partial charge < -0.3 is 20.7 Å². The number of pyridine rings is 2. The van der Waals surface area contributed by atoms with Gasteiger partial charge in [0.25, 0.3) is 0 Å². The summed E-state index contributed by atoms with van der Waals surface area (Å²) in [5, 5.41) is 5.82. The van der Waals surface area contributed by atoms with Crippen LogP contribution in [0.15, 0.2) is 54.9 Å². The summed E-state index contributed by atoms with van der Waals surface area (Å²) in [5.74, 6) is -0.188. The van der Waals surface area contributed by atoms with Crippen molar-refractivity contribution in [3.63, 3.8) is 0 Å². The SMILES string of the molecule is COC1CC(C(=O)Nc2cc(C(N)(CCC3CC3)c3ccnc(C)c3)ccc2F)N(C(=O)Nc2ccc(Cl)cn2)C1. The predicted octanol–water partition coefficient (Wildman–Crippen LogP) is 5.23. The van der Waals surface area contributed by atoms with Gasteiger partial charge in [0.1, 0.15) is 17.7 Å². The quantitative estimate of drug-likeness (QED) is 0.318. The predicted molar refractivity (Wildman–Crippen MR) is 155 cm³/mol. The summed E-state index contributed by atoms with van der Waals surface area (Å²) in [7, 11) is 1.52. The Morgan fingerprint density at radius 3 is 2.61 bits per heavy atom. The molecule has 5 rings (SSSR count). The van der Waals surface area contributed by atoms with Crippen molar-refractivity contribution >= 4 is 35.0 Å². The third-order valence-corrected chi connectivity index (χ3v) is 8.14. The van der Waals surface area contributed by atoms with Crippen molar-refractivity contribution in [1.29, 1.82) is 0 Å². The van der Waals surface area contributed by atoms with Gasteiger partial charge >= 0.3 is 6.03 Å². The average molecular weight is 581 g/mol. The molecular weight excluding hydrogens is 547 g/mol. The topological polar surface area (TPSA) is 122 Å². The molecule has 1 aliphatic heterocycles. The Morgan fingerprint density at radius 1 is 1.15 bits per heavy atom. The molecule has 2 aromatic heterocycles. The Morgan fingerprint density at radius 2 is 1.93 bits per heavy atom. The van der Waals surface area contributed by atoms with E-state index in [1.807, 2.05) is 19.1 Å². The van der Waals surface area contributed by atoms with Crippen molar-refractivity contribution < 1.29 is 18.7 Å². The lowest BCUT2D eigenvalue weighted by Crippen LogP contribution is -2.45. The molecule has 2 aliphatic rings. The van der Waals surface area contributed by atoms with Crippen LogP contribution in [0.1, 0.15) is 48.9 Å². The third kappa shape index (κ3) is 6.66. The monoisotopic (exact) mass is 580 g/mol. The molecule has 0 bridgehead atoms. The third-order valence-electron chi connectivity index (χ3n) is 7.92. The zero-order valence-corrected chi connectivity index (χ0v) is 23.8. The van der Waals surface area contributed by atoms with Crippen molar-refractivity contribution in [2.75, 3.05) is 24.3 Å². The fourth-order valence-electron chi connectivity index (χ4n) is 5.30. The molecule has 1 aliphatic carbocycles. The zero-order valence-electron chi connectivity index (χ0n) is 23.1. The van der Waals surface area contributed by atoms with Gasteiger partial charge in [0.15, 0.2) is 0 Å². The Balaban J connectivity index is 1.38. The number of nitrogens with two attached hydrogens (primary N) is 1. The van der Waals surface area contributed by atoms with Gasteiger partial charge in [0, 0.05) is 38.2 Å². The van der Waals surface area contributed by atoms with Crippen LogP contribution in [0, 0.1) is 18.7 Å². The highest BCUT2D eigenvalue weighted by Crippen LogP contribution is 2.40. The van der Waals surface area contributed by atoms with Crippen LogP contribution in [0.2, 0.25) is 5.02 Å². The number of urea groups is 1. The number of methoxy groups -OCH3 is 1. The molecule has 41 heavy (non-hydrogen) atoms. The lowest BCUT2D eigenvalue weighted by Gasteiger charge is -2.32. The van der Waals surface area contributed by atoms with Gasteiger partial charge in [-0.25, -0.2) is 14.2 Å². The lowest BCUT2D eigenvalue weighted by atomic mass is 9.79. The van der Waals surface area contributed by atoms with Crippen molar-refractivity contribution in [3.8, 4) is 0 Å². The van der Waals surface area contributed by atoms with E-state index in [4.69, 9.17) is 22.1 Å². The highest BCUT2D eigenvalue weighted by Gasteiger charge is 2.40. The first-order valence-electron chi connectivity index (χ1n) is 13.7. The molecular formula is C30H34ClFN6O3. The molecule has 3 amide bonds. The second-order valence-electron chi connectivity index (χ2n) is 10.9. The lowest BCUT2D eigenvalue weighted by molar-refractivity contribution is -0.119. The van der Waals surface area contributed by atoms with Crippen molar-refractivity contribution in [3.05, 3.63) is 82.5 Å². The Labute approximate surface area is 243 Å². The minimum absolute atomic E-state index is 0.000109. The smallest absolute Gasteiger partial charge is 0.323 e. The fourth-order valence-corrected chi connectivity index (χ4v) is 5.42. The molecule has 3 heterocycles. The highest BCUT2D eigenvalue weighted by atomic mass is 35.5. The Kier molecular flexibility index (Phi) is 8.53. The maximum Gasteiger partial charge on any atom is 0.323 e. The number of halogens is 2. The van der Waals surface area contributed by atoms with E-state index in [9.17, 15) is 9.59 Å². The largest absolute Gasteiger partial charge is 0.380 e. The fraction of sp³-hybridized carbons (Fsp3) is 0.400. The summed E-state index contributed by atoms with van der Waals surface area (Å²) in [4.78, 5) is 36.4. The van der Waals surface area contributed by atoms with E-state index in [2.05, 4.69) is 20.6 Å². The summed E-state index contributed by atoms with van der Waals surface area (Å²) in [6.07, 6.45) is 7.03. The number of nitrogens with one attached hydrogen (secondary N) is 2. The number of benzene rings is 1. The normalized spacial score (nSPS) is 20.0. The van der Waals surface area contributed by atoms with Crippen LogP contribution in [0.5, 0.6) is 0 Å². The van der Waals surface area contributed by atoms with Crippen molar-refractivity contribution in [2.45, 2.75) is 56.7 Å². The molecule has 216 valence electrons. The van der Waals surface area contributed by atoms with E-state index >= 15 is 4.39 Å². The molecule has 9 nitrogen and oxygen atoms in total. The molecule has 3 unspecified atom stereocenters. The number of carbonyl (C=O) groups excluding carboxylic acids is 2. The molecule has 0 spiro atoms. The van der Waals surface area contributed by atoms with Crippen molar-refractivity contribution in [2.24, 2.45) is 11.7 Å². The first-order chi connectivity index (χ1) is 19.7. The summed E-state index contributed by atoms with van der Waals surface area (Å²) >= 11 is 5.89.